The van der Waals surface area contributed by atoms with E-state index in [1.165, 1.54) is 33.4 Å². The van der Waals surface area contributed by atoms with Crippen LogP contribution in [0, 0.1) is 67.6 Å². The molecule has 0 aliphatic heterocycles. The zero-order valence-electron chi connectivity index (χ0n) is 18.4. The summed E-state index contributed by atoms with van der Waals surface area (Å²) in [4.78, 5) is 0. The van der Waals surface area contributed by atoms with Crippen molar-refractivity contribution in [2.45, 2.75) is 41.5 Å². The fourth-order valence-corrected chi connectivity index (χ4v) is 5.13. The quantitative estimate of drug-likeness (QED) is 0.257. The fraction of sp³-hybridized carbons (Fsp3) is 0.273. The Kier molecular flexibility index (Phi) is 51.9. The van der Waals surface area contributed by atoms with Gasteiger partial charge in [-0.25, -0.2) is 0 Å². The van der Waals surface area contributed by atoms with Gasteiger partial charge in [0.05, 0.1) is 0 Å². The molecule has 0 saturated heterocycles. The van der Waals surface area contributed by atoms with Crippen molar-refractivity contribution in [1.82, 2.24) is 0 Å². The number of rotatable bonds is 2. The molecule has 2 atom stereocenters. The molecule has 0 saturated carbocycles. The van der Waals surface area contributed by atoms with E-state index in [2.05, 4.69) is 93.0 Å². The van der Waals surface area contributed by atoms with Crippen LogP contribution in [-0.2, 0) is 62.1 Å². The Morgan fingerprint density at radius 1 is 0.531 bits per heavy atom. The predicted octanol–water partition coefficient (Wildman–Crippen LogP) is 5.70. The van der Waals surface area contributed by atoms with Gasteiger partial charge in [0.2, 0.25) is 0 Å². The SMILES string of the molecule is C/C(=C(\C)c1[pH]cc(C)c1C)c1[pH]cc(C)c1C.[C-]#[O+].[C-]#[O+].[C-]#[O+].[C-]#[O+].[C-]#[O+].[C-]#[O+].[Mn].[Mn]. The molecule has 0 spiro atoms. The summed E-state index contributed by atoms with van der Waals surface area (Å²) < 4.78 is 45.0. The van der Waals surface area contributed by atoms with Gasteiger partial charge in [-0.3, -0.25) is 0 Å². The molecule has 0 aliphatic carbocycles. The third-order valence-electron chi connectivity index (χ3n) is 4.11. The number of hydrogen-bond donors (Lipinski definition) is 0. The van der Waals surface area contributed by atoms with E-state index in [1.54, 1.807) is 10.6 Å². The van der Waals surface area contributed by atoms with Crippen LogP contribution in [0.25, 0.3) is 11.1 Å². The molecule has 2 heterocycles. The van der Waals surface area contributed by atoms with E-state index >= 15 is 0 Å². The van der Waals surface area contributed by atoms with Crippen molar-refractivity contribution in [3.63, 3.8) is 0 Å². The first kappa shape index (κ1) is 48.3. The van der Waals surface area contributed by atoms with Gasteiger partial charge >= 0.3 is 67.8 Å². The largest absolute Gasteiger partial charge is 0 e. The second kappa shape index (κ2) is 34.4. The second-order valence-electron chi connectivity index (χ2n) is 5.19. The van der Waals surface area contributed by atoms with Crippen molar-refractivity contribution in [1.29, 1.82) is 0 Å². The van der Waals surface area contributed by atoms with E-state index in [0.717, 1.165) is 16.4 Å². The Morgan fingerprint density at radius 2 is 0.719 bits per heavy atom. The molecule has 6 nitrogen and oxygen atoms in total. The summed E-state index contributed by atoms with van der Waals surface area (Å²) in [5.41, 5.74) is 8.92. The van der Waals surface area contributed by atoms with E-state index in [0.29, 0.717) is 0 Å². The minimum Gasteiger partial charge on any atom is 0 e. The van der Waals surface area contributed by atoms with Gasteiger partial charge in [0.25, 0.3) is 0 Å². The first-order chi connectivity index (χ1) is 14.4. The molecule has 2 unspecified atom stereocenters. The summed E-state index contributed by atoms with van der Waals surface area (Å²) in [5.74, 6) is 4.76. The molecule has 0 fully saturated rings. The standard InChI is InChI=1S/C16H22P2.6CO.2Mn/c1-9-7-17-15(11(9)3)13(5)14(6)16-12(4)10(2)8-18-16;6*1-2;;/h7-8,17-18H,1-6H3;;;;;;;;/b14-13-;;;;;;;;. The second-order valence-corrected chi connectivity index (χ2v) is 7.35. The van der Waals surface area contributed by atoms with Gasteiger partial charge in [0.1, 0.15) is 0 Å². The number of aryl methyl sites for hydroxylation is 2. The Bertz CT molecular complexity index is 781. The van der Waals surface area contributed by atoms with Crippen LogP contribution in [-0.4, -0.2) is 0 Å². The predicted molar refractivity (Wildman–Crippen MR) is 113 cm³/mol. The molecule has 10 heteroatoms. The van der Waals surface area contributed by atoms with E-state index in [4.69, 9.17) is 27.9 Å². The molecular formula is C22H22Mn2O6P2. The van der Waals surface area contributed by atoms with Crippen molar-refractivity contribution in [2.24, 2.45) is 0 Å². The molecule has 0 aliphatic rings. The van der Waals surface area contributed by atoms with Crippen LogP contribution in [0.4, 0.5) is 0 Å². The fourth-order valence-electron chi connectivity index (χ4n) is 2.34. The van der Waals surface area contributed by atoms with E-state index in [9.17, 15) is 0 Å². The molecule has 0 aromatic carbocycles. The van der Waals surface area contributed by atoms with Crippen LogP contribution in [0.15, 0.2) is 11.6 Å². The molecule has 0 bridgehead atoms. The summed E-state index contributed by atoms with van der Waals surface area (Å²) >= 11 is 0. The van der Waals surface area contributed by atoms with Crippen molar-refractivity contribution in [3.8, 4) is 0 Å². The first-order valence-corrected chi connectivity index (χ1v) is 9.78. The summed E-state index contributed by atoms with van der Waals surface area (Å²) in [6.45, 7) is 40.6. The van der Waals surface area contributed by atoms with Gasteiger partial charge in [-0.15, -0.1) is 16.4 Å². The van der Waals surface area contributed by atoms with Gasteiger partial charge in [-0.05, 0) is 97.1 Å². The van der Waals surface area contributed by atoms with Crippen LogP contribution in [0.3, 0.4) is 0 Å². The van der Waals surface area contributed by atoms with Crippen LogP contribution in [0.5, 0.6) is 0 Å². The number of hydrogen-bond acceptors (Lipinski definition) is 0. The van der Waals surface area contributed by atoms with Gasteiger partial charge in [0.15, 0.2) is 0 Å². The van der Waals surface area contributed by atoms with Crippen molar-refractivity contribution in [3.05, 3.63) is 84.3 Å². The van der Waals surface area contributed by atoms with Crippen LogP contribution >= 0.6 is 16.4 Å². The minimum absolute atomic E-state index is 0. The summed E-state index contributed by atoms with van der Waals surface area (Å²) in [6, 6.07) is 0. The van der Waals surface area contributed by atoms with Crippen molar-refractivity contribution >= 4 is 27.5 Å². The Labute approximate surface area is 214 Å². The maximum absolute atomic E-state index is 7.50. The molecule has 170 valence electrons. The van der Waals surface area contributed by atoms with E-state index in [-0.39, 0.29) is 34.1 Å². The molecular weight excluding hydrogens is 532 g/mol. The van der Waals surface area contributed by atoms with Crippen LogP contribution in [0.1, 0.15) is 46.7 Å². The van der Waals surface area contributed by atoms with Crippen LogP contribution < -0.4 is 0 Å². The summed E-state index contributed by atoms with van der Waals surface area (Å²) in [6.07, 6.45) is 0. The average Bonchev–Trinajstić information content (AvgIpc) is 3.36. The molecule has 0 amide bonds. The zero-order chi connectivity index (χ0) is 25.4. The van der Waals surface area contributed by atoms with Gasteiger partial charge in [-0.1, -0.05) is 0 Å². The number of allylic oxidation sites excluding steroid dienone is 2. The Morgan fingerprint density at radius 3 is 0.844 bits per heavy atom. The monoisotopic (exact) mass is 554 g/mol. The third kappa shape index (κ3) is 16.4. The molecule has 32 heavy (non-hydrogen) atoms. The van der Waals surface area contributed by atoms with Crippen LogP contribution in [0.2, 0.25) is 0 Å². The molecule has 2 radical (unpaired) electrons. The van der Waals surface area contributed by atoms with Gasteiger partial charge in [0, 0.05) is 34.1 Å². The molecule has 2 rings (SSSR count). The van der Waals surface area contributed by atoms with Crippen molar-refractivity contribution < 1.29 is 62.1 Å². The van der Waals surface area contributed by atoms with Gasteiger partial charge in [-0.2, -0.15) is 0 Å². The molecule has 0 N–H and O–H groups in total. The summed E-state index contributed by atoms with van der Waals surface area (Å²) in [5, 5.41) is 3.14. The average molecular weight is 554 g/mol. The zero-order valence-corrected chi connectivity index (χ0v) is 22.7. The maximum Gasteiger partial charge on any atom is 0 e. The van der Waals surface area contributed by atoms with E-state index in [1.807, 2.05) is 0 Å². The Balaban J connectivity index is -0.0000000779. The first-order valence-electron chi connectivity index (χ1n) is 7.63. The smallest absolute Gasteiger partial charge is 0 e. The summed E-state index contributed by atoms with van der Waals surface area (Å²) in [7, 11) is 1.72. The topological polar surface area (TPSA) is 119 Å². The van der Waals surface area contributed by atoms with Gasteiger partial charge < -0.3 is 0 Å². The maximum atomic E-state index is 7.50. The molecule has 2 aromatic rings. The van der Waals surface area contributed by atoms with Crippen molar-refractivity contribution in [2.75, 3.05) is 0 Å². The molecule has 2 aromatic heterocycles. The van der Waals surface area contributed by atoms with E-state index < -0.39 is 0 Å². The normalized spacial score (nSPS) is 8.06. The Hall–Kier alpha value is -1.22. The third-order valence-corrected chi connectivity index (χ3v) is 7.34. The minimum atomic E-state index is 0.